The van der Waals surface area contributed by atoms with Gasteiger partial charge in [0.25, 0.3) is 0 Å². The van der Waals surface area contributed by atoms with Gasteiger partial charge in [0.05, 0.1) is 6.61 Å². The van der Waals surface area contributed by atoms with Crippen LogP contribution in [0.5, 0.6) is 0 Å². The van der Waals surface area contributed by atoms with Gasteiger partial charge in [-0.3, -0.25) is 4.79 Å². The molecule has 1 aliphatic rings. The molecule has 1 unspecified atom stereocenters. The normalized spacial score (nSPS) is 25.6. The van der Waals surface area contributed by atoms with Crippen LogP contribution in [0.25, 0.3) is 0 Å². The van der Waals surface area contributed by atoms with Gasteiger partial charge in [-0.15, -0.1) is 0 Å². The smallest absolute Gasteiger partial charge is 0.320 e. The summed E-state index contributed by atoms with van der Waals surface area (Å²) in [5.74, 6) is -0.305. The molecule has 0 aromatic heterocycles. The Hall–Kier alpha value is -0.610. The molecule has 1 rings (SSSR count). The monoisotopic (exact) mass is 173 g/mol. The van der Waals surface area contributed by atoms with Crippen LogP contribution in [0.4, 0.5) is 0 Å². The van der Waals surface area contributed by atoms with E-state index in [1.54, 1.807) is 6.92 Å². The van der Waals surface area contributed by atoms with Gasteiger partial charge in [0.1, 0.15) is 6.04 Å². The van der Waals surface area contributed by atoms with Gasteiger partial charge in [-0.1, -0.05) is 0 Å². The van der Waals surface area contributed by atoms with E-state index in [1.807, 2.05) is 0 Å². The summed E-state index contributed by atoms with van der Waals surface area (Å²) in [5, 5.41) is 11.5. The zero-order chi connectivity index (χ0) is 8.97. The van der Waals surface area contributed by atoms with Crippen LogP contribution in [0.2, 0.25) is 0 Å². The number of hydrogen-bond acceptors (Lipinski definition) is 3. The molecule has 70 valence electrons. The molecule has 0 aliphatic carbocycles. The number of nitrogens with one attached hydrogen (secondary N) is 1. The Morgan fingerprint density at radius 1 is 1.83 bits per heavy atom. The van der Waals surface area contributed by atoms with Crippen molar-refractivity contribution in [3.63, 3.8) is 0 Å². The molecule has 12 heavy (non-hydrogen) atoms. The van der Waals surface area contributed by atoms with Gasteiger partial charge in [0.2, 0.25) is 0 Å². The van der Waals surface area contributed by atoms with Gasteiger partial charge in [-0.2, -0.15) is 0 Å². The first-order valence-corrected chi connectivity index (χ1v) is 4.24. The lowest BCUT2D eigenvalue weighted by Crippen LogP contribution is -2.37. The fourth-order valence-corrected chi connectivity index (χ4v) is 1.18. The van der Waals surface area contributed by atoms with Crippen LogP contribution in [0.15, 0.2) is 0 Å². The minimum atomic E-state index is -0.797. The molecule has 1 aliphatic heterocycles. The molecule has 0 saturated carbocycles. The molecule has 1 saturated heterocycles. The Bertz CT molecular complexity index is 154. The number of ether oxygens (including phenoxy) is 1. The Morgan fingerprint density at radius 2 is 2.58 bits per heavy atom. The molecule has 4 heteroatoms. The topological polar surface area (TPSA) is 58.6 Å². The van der Waals surface area contributed by atoms with Crippen LogP contribution < -0.4 is 5.32 Å². The van der Waals surface area contributed by atoms with Gasteiger partial charge in [0.15, 0.2) is 0 Å². The van der Waals surface area contributed by atoms with E-state index in [0.717, 1.165) is 26.2 Å². The third-order valence-electron chi connectivity index (χ3n) is 2.11. The standard InChI is InChI=1S/C8H15NO3/c1-6(8(10)11)9-4-7-2-3-12-5-7/h6-7,9H,2-5H2,1H3,(H,10,11)/t6-,7?/m1/s1. The summed E-state index contributed by atoms with van der Waals surface area (Å²) in [6.45, 7) is 3.97. The Balaban J connectivity index is 2.11. The molecule has 4 nitrogen and oxygen atoms in total. The summed E-state index contributed by atoms with van der Waals surface area (Å²) in [4.78, 5) is 10.4. The van der Waals surface area contributed by atoms with Gasteiger partial charge in [-0.25, -0.2) is 0 Å². The van der Waals surface area contributed by atoms with Crippen LogP contribution in [0.1, 0.15) is 13.3 Å². The highest BCUT2D eigenvalue weighted by atomic mass is 16.5. The molecule has 0 aromatic rings. The lowest BCUT2D eigenvalue weighted by atomic mass is 10.1. The van der Waals surface area contributed by atoms with Crippen molar-refractivity contribution in [3.8, 4) is 0 Å². The maximum absolute atomic E-state index is 10.4. The maximum atomic E-state index is 10.4. The average molecular weight is 173 g/mol. The Morgan fingerprint density at radius 3 is 3.08 bits per heavy atom. The minimum absolute atomic E-state index is 0.453. The fraction of sp³-hybridized carbons (Fsp3) is 0.875. The molecule has 0 amide bonds. The first kappa shape index (κ1) is 9.48. The van der Waals surface area contributed by atoms with E-state index in [1.165, 1.54) is 0 Å². The van der Waals surface area contributed by atoms with Crippen molar-refractivity contribution >= 4 is 5.97 Å². The molecule has 0 bridgehead atoms. The quantitative estimate of drug-likeness (QED) is 0.632. The molecule has 0 radical (unpaired) electrons. The SMILES string of the molecule is C[C@@H](NCC1CCOC1)C(=O)O. The van der Waals surface area contributed by atoms with Crippen LogP contribution in [0.3, 0.4) is 0 Å². The number of aliphatic carboxylic acids is 1. The fourth-order valence-electron chi connectivity index (χ4n) is 1.18. The highest BCUT2D eigenvalue weighted by molar-refractivity contribution is 5.72. The van der Waals surface area contributed by atoms with E-state index >= 15 is 0 Å². The zero-order valence-corrected chi connectivity index (χ0v) is 7.25. The zero-order valence-electron chi connectivity index (χ0n) is 7.25. The second kappa shape index (κ2) is 4.42. The molecular weight excluding hydrogens is 158 g/mol. The highest BCUT2D eigenvalue weighted by Gasteiger charge is 2.17. The number of carbonyl (C=O) groups is 1. The van der Waals surface area contributed by atoms with Crippen LogP contribution in [-0.2, 0) is 9.53 Å². The second-order valence-corrected chi connectivity index (χ2v) is 3.20. The molecule has 2 N–H and O–H groups in total. The third-order valence-corrected chi connectivity index (χ3v) is 2.11. The van der Waals surface area contributed by atoms with Crippen molar-refractivity contribution in [1.82, 2.24) is 5.32 Å². The predicted octanol–water partition coefficient (Wildman–Crippen LogP) is 0.0856. The summed E-state index contributed by atoms with van der Waals surface area (Å²) in [5.41, 5.74) is 0. The molecule has 2 atom stereocenters. The van der Waals surface area contributed by atoms with Crippen LogP contribution >= 0.6 is 0 Å². The highest BCUT2D eigenvalue weighted by Crippen LogP contribution is 2.10. The van der Waals surface area contributed by atoms with Gasteiger partial charge in [-0.05, 0) is 19.3 Å². The molecule has 0 aromatic carbocycles. The van der Waals surface area contributed by atoms with Crippen molar-refractivity contribution in [2.45, 2.75) is 19.4 Å². The summed E-state index contributed by atoms with van der Waals surface area (Å²) in [7, 11) is 0. The van der Waals surface area contributed by atoms with Crippen molar-refractivity contribution in [1.29, 1.82) is 0 Å². The summed E-state index contributed by atoms with van der Waals surface area (Å²) in [6, 6.07) is -0.453. The van der Waals surface area contributed by atoms with Crippen molar-refractivity contribution in [2.75, 3.05) is 19.8 Å². The first-order valence-electron chi connectivity index (χ1n) is 4.24. The number of carboxylic acids is 1. The number of carboxylic acid groups (broad SMARTS) is 1. The molecule has 1 heterocycles. The lowest BCUT2D eigenvalue weighted by molar-refractivity contribution is -0.139. The summed E-state index contributed by atoms with van der Waals surface area (Å²) >= 11 is 0. The van der Waals surface area contributed by atoms with E-state index in [9.17, 15) is 4.79 Å². The average Bonchev–Trinajstić information content (AvgIpc) is 2.51. The predicted molar refractivity (Wildman–Crippen MR) is 44.0 cm³/mol. The maximum Gasteiger partial charge on any atom is 0.320 e. The first-order chi connectivity index (χ1) is 5.70. The lowest BCUT2D eigenvalue weighted by Gasteiger charge is -2.12. The van der Waals surface area contributed by atoms with Crippen LogP contribution in [0, 0.1) is 5.92 Å². The Kier molecular flexibility index (Phi) is 3.49. The van der Waals surface area contributed by atoms with Crippen LogP contribution in [-0.4, -0.2) is 36.9 Å². The largest absolute Gasteiger partial charge is 0.480 e. The molecular formula is C8H15NO3. The van der Waals surface area contributed by atoms with Crippen molar-refractivity contribution < 1.29 is 14.6 Å². The van der Waals surface area contributed by atoms with Gasteiger partial charge >= 0.3 is 5.97 Å². The number of rotatable bonds is 4. The summed E-state index contributed by atoms with van der Waals surface area (Å²) < 4.78 is 5.16. The van der Waals surface area contributed by atoms with E-state index in [2.05, 4.69) is 5.32 Å². The van der Waals surface area contributed by atoms with E-state index in [4.69, 9.17) is 9.84 Å². The van der Waals surface area contributed by atoms with Crippen molar-refractivity contribution in [3.05, 3.63) is 0 Å². The second-order valence-electron chi connectivity index (χ2n) is 3.20. The third kappa shape index (κ3) is 2.79. The minimum Gasteiger partial charge on any atom is -0.480 e. The number of hydrogen-bond donors (Lipinski definition) is 2. The van der Waals surface area contributed by atoms with E-state index in [-0.39, 0.29) is 0 Å². The van der Waals surface area contributed by atoms with Gasteiger partial charge in [0, 0.05) is 13.2 Å². The summed E-state index contributed by atoms with van der Waals surface area (Å²) in [6.07, 6.45) is 1.04. The Labute approximate surface area is 71.9 Å². The molecule has 1 fully saturated rings. The van der Waals surface area contributed by atoms with Gasteiger partial charge < -0.3 is 15.2 Å². The van der Waals surface area contributed by atoms with Crippen molar-refractivity contribution in [2.24, 2.45) is 5.92 Å². The van der Waals surface area contributed by atoms with E-state index in [0.29, 0.717) is 5.92 Å². The van der Waals surface area contributed by atoms with E-state index < -0.39 is 12.0 Å². The molecule has 0 spiro atoms.